The minimum Gasteiger partial charge on any atom is -0.310 e. The van der Waals surface area contributed by atoms with Gasteiger partial charge in [0.2, 0.25) is 0 Å². The molecule has 10 aromatic carbocycles. The number of fused-ring (bicyclic) bond motifs is 3. The highest BCUT2D eigenvalue weighted by atomic mass is 15.1. The molecule has 0 N–H and O–H groups in total. The van der Waals surface area contributed by atoms with Gasteiger partial charge in [-0.15, -0.1) is 0 Å². The largest absolute Gasteiger partial charge is 0.310 e. The van der Waals surface area contributed by atoms with Crippen LogP contribution in [-0.2, 0) is 0 Å². The van der Waals surface area contributed by atoms with Gasteiger partial charge in [0.15, 0.2) is 0 Å². The fourth-order valence-corrected chi connectivity index (χ4v) is 8.99. The van der Waals surface area contributed by atoms with Crippen molar-refractivity contribution < 1.29 is 0 Å². The van der Waals surface area contributed by atoms with Crippen LogP contribution in [0.1, 0.15) is 0 Å². The molecule has 0 saturated carbocycles. The summed E-state index contributed by atoms with van der Waals surface area (Å²) >= 11 is 0. The maximum atomic E-state index is 2.45. The SMILES string of the molecule is c1ccc(-c2ccc(-c3ccc(N(c4ccccc4)c4ccc5c6ccccc6n(-c6ccccc6-c6ccccc6)c5c4)c(-c4ccc(-c5ccccc5)cc4)c3)cc2)cc1. The summed E-state index contributed by atoms with van der Waals surface area (Å²) in [6.07, 6.45) is 0. The van der Waals surface area contributed by atoms with Gasteiger partial charge in [-0.05, 0) is 93.0 Å². The summed E-state index contributed by atoms with van der Waals surface area (Å²) < 4.78 is 2.45. The van der Waals surface area contributed by atoms with Crippen LogP contribution in [0.25, 0.3) is 83.1 Å². The zero-order chi connectivity index (χ0) is 41.2. The van der Waals surface area contributed by atoms with Gasteiger partial charge in [0.05, 0.1) is 22.4 Å². The fourth-order valence-electron chi connectivity index (χ4n) is 8.99. The van der Waals surface area contributed by atoms with E-state index >= 15 is 0 Å². The minimum absolute atomic E-state index is 1.08. The third kappa shape index (κ3) is 6.84. The molecule has 0 aliphatic heterocycles. The summed E-state index contributed by atoms with van der Waals surface area (Å²) in [4.78, 5) is 2.42. The summed E-state index contributed by atoms with van der Waals surface area (Å²) in [5, 5.41) is 2.44. The molecule has 62 heavy (non-hydrogen) atoms. The van der Waals surface area contributed by atoms with E-state index in [2.05, 4.69) is 264 Å². The number of rotatable bonds is 9. The van der Waals surface area contributed by atoms with E-state index in [1.54, 1.807) is 0 Å². The predicted molar refractivity (Wildman–Crippen MR) is 263 cm³/mol. The van der Waals surface area contributed by atoms with Crippen molar-refractivity contribution >= 4 is 38.9 Å². The van der Waals surface area contributed by atoms with Crippen molar-refractivity contribution in [2.24, 2.45) is 0 Å². The van der Waals surface area contributed by atoms with Crippen molar-refractivity contribution in [2.45, 2.75) is 0 Å². The number of anilines is 3. The van der Waals surface area contributed by atoms with Crippen LogP contribution in [0.3, 0.4) is 0 Å². The third-order valence-electron chi connectivity index (χ3n) is 12.0. The highest BCUT2D eigenvalue weighted by molar-refractivity contribution is 6.11. The Balaban J connectivity index is 1.11. The molecule has 292 valence electrons. The van der Waals surface area contributed by atoms with E-state index in [9.17, 15) is 0 Å². The van der Waals surface area contributed by atoms with Gasteiger partial charge < -0.3 is 9.47 Å². The standard InChI is InChI=1S/C60H42N2/c1-5-17-43(18-6-1)45-29-31-47(32-30-45)50-37-40-59(56(41-50)49-35-33-46(34-36-49)44-19-7-2-8-20-44)61(51-23-11-4-12-24-51)52-38-39-55-54-26-14-16-28-58(54)62(60(55)42-52)57-27-15-13-25-53(57)48-21-9-3-10-22-48/h1-42H. The van der Waals surface area contributed by atoms with Gasteiger partial charge in [-0.2, -0.15) is 0 Å². The van der Waals surface area contributed by atoms with E-state index in [-0.39, 0.29) is 0 Å². The first-order chi connectivity index (χ1) is 30.8. The Morgan fingerprint density at radius 3 is 1.35 bits per heavy atom. The quantitative estimate of drug-likeness (QED) is 0.141. The number of nitrogens with zero attached hydrogens (tertiary/aromatic N) is 2. The van der Waals surface area contributed by atoms with Crippen molar-refractivity contribution in [1.82, 2.24) is 4.57 Å². The molecule has 0 aliphatic carbocycles. The lowest BCUT2D eigenvalue weighted by atomic mass is 9.94. The zero-order valence-electron chi connectivity index (χ0n) is 34.1. The van der Waals surface area contributed by atoms with Gasteiger partial charge in [0.25, 0.3) is 0 Å². The number of hydrogen-bond donors (Lipinski definition) is 0. The molecule has 0 atom stereocenters. The summed E-state index contributed by atoms with van der Waals surface area (Å²) in [6, 6.07) is 92.1. The molecule has 11 rings (SSSR count). The van der Waals surface area contributed by atoms with Crippen molar-refractivity contribution in [3.63, 3.8) is 0 Å². The summed E-state index contributed by atoms with van der Waals surface area (Å²) in [5.74, 6) is 0. The molecule has 1 aromatic heterocycles. The average Bonchev–Trinajstić information content (AvgIpc) is 3.69. The Hall–Kier alpha value is -8.20. The van der Waals surface area contributed by atoms with Gasteiger partial charge >= 0.3 is 0 Å². The van der Waals surface area contributed by atoms with E-state index in [1.165, 1.54) is 55.2 Å². The number of hydrogen-bond acceptors (Lipinski definition) is 1. The molecule has 0 spiro atoms. The highest BCUT2D eigenvalue weighted by Crippen LogP contribution is 2.45. The molecule has 2 heteroatoms. The molecule has 0 saturated heterocycles. The average molecular weight is 791 g/mol. The van der Waals surface area contributed by atoms with Crippen LogP contribution in [0.15, 0.2) is 255 Å². The van der Waals surface area contributed by atoms with Crippen LogP contribution in [0.4, 0.5) is 17.1 Å². The molecule has 0 bridgehead atoms. The lowest BCUT2D eigenvalue weighted by Crippen LogP contribution is -2.11. The lowest BCUT2D eigenvalue weighted by Gasteiger charge is -2.29. The Morgan fingerprint density at radius 2 is 0.710 bits per heavy atom. The molecule has 0 aliphatic rings. The lowest BCUT2D eigenvalue weighted by molar-refractivity contribution is 1.18. The Kier molecular flexibility index (Phi) is 9.57. The van der Waals surface area contributed by atoms with Crippen molar-refractivity contribution in [3.8, 4) is 61.3 Å². The van der Waals surface area contributed by atoms with Crippen LogP contribution < -0.4 is 4.90 Å². The second-order valence-electron chi connectivity index (χ2n) is 15.7. The monoisotopic (exact) mass is 790 g/mol. The molecule has 1 heterocycles. The van der Waals surface area contributed by atoms with Crippen LogP contribution in [0.5, 0.6) is 0 Å². The van der Waals surface area contributed by atoms with Gasteiger partial charge in [-0.3, -0.25) is 0 Å². The van der Waals surface area contributed by atoms with Crippen LogP contribution >= 0.6 is 0 Å². The van der Waals surface area contributed by atoms with Crippen LogP contribution in [0.2, 0.25) is 0 Å². The maximum absolute atomic E-state index is 2.45. The first-order valence-electron chi connectivity index (χ1n) is 21.3. The van der Waals surface area contributed by atoms with Crippen molar-refractivity contribution in [1.29, 1.82) is 0 Å². The summed E-state index contributed by atoms with van der Waals surface area (Å²) in [7, 11) is 0. The van der Waals surface area contributed by atoms with E-state index in [0.29, 0.717) is 0 Å². The Bertz CT molecular complexity index is 3300. The van der Waals surface area contributed by atoms with Crippen LogP contribution in [0, 0.1) is 0 Å². The topological polar surface area (TPSA) is 8.17 Å². The van der Waals surface area contributed by atoms with Crippen molar-refractivity contribution in [2.75, 3.05) is 4.90 Å². The summed E-state index contributed by atoms with van der Waals surface area (Å²) in [5.41, 5.74) is 18.6. The highest BCUT2D eigenvalue weighted by Gasteiger charge is 2.22. The summed E-state index contributed by atoms with van der Waals surface area (Å²) in [6.45, 7) is 0. The first-order valence-corrected chi connectivity index (χ1v) is 21.3. The van der Waals surface area contributed by atoms with Gasteiger partial charge in [0, 0.05) is 33.3 Å². The second kappa shape index (κ2) is 16.1. The van der Waals surface area contributed by atoms with Gasteiger partial charge in [-0.1, -0.05) is 206 Å². The zero-order valence-corrected chi connectivity index (χ0v) is 34.1. The van der Waals surface area contributed by atoms with E-state index in [0.717, 1.165) is 45.0 Å². The molecule has 2 nitrogen and oxygen atoms in total. The molecule has 0 amide bonds. The molecule has 11 aromatic rings. The fraction of sp³-hybridized carbons (Fsp3) is 0. The van der Waals surface area contributed by atoms with E-state index in [1.807, 2.05) is 0 Å². The van der Waals surface area contributed by atoms with E-state index in [4.69, 9.17) is 0 Å². The molecular formula is C60H42N2. The maximum Gasteiger partial charge on any atom is 0.0562 e. The number of aromatic nitrogens is 1. The molecule has 0 fully saturated rings. The molecule has 0 unspecified atom stereocenters. The van der Waals surface area contributed by atoms with Crippen LogP contribution in [-0.4, -0.2) is 4.57 Å². The van der Waals surface area contributed by atoms with Crippen molar-refractivity contribution in [3.05, 3.63) is 255 Å². The normalized spacial score (nSPS) is 11.2. The van der Waals surface area contributed by atoms with Gasteiger partial charge in [0.1, 0.15) is 0 Å². The number of para-hydroxylation sites is 3. The third-order valence-corrected chi connectivity index (χ3v) is 12.0. The predicted octanol–water partition coefficient (Wildman–Crippen LogP) is 16.6. The second-order valence-corrected chi connectivity index (χ2v) is 15.7. The number of benzene rings is 10. The van der Waals surface area contributed by atoms with Gasteiger partial charge in [-0.25, -0.2) is 0 Å². The van der Waals surface area contributed by atoms with E-state index < -0.39 is 0 Å². The Labute approximate surface area is 362 Å². The molecular weight excluding hydrogens is 749 g/mol. The molecule has 0 radical (unpaired) electrons. The first kappa shape index (κ1) is 36.8. The Morgan fingerprint density at radius 1 is 0.258 bits per heavy atom. The minimum atomic E-state index is 1.08. The smallest absolute Gasteiger partial charge is 0.0562 e.